The highest BCUT2D eigenvalue weighted by molar-refractivity contribution is 5.49. The number of aliphatic hydroxyl groups is 1. The Bertz CT molecular complexity index is 395. The molecule has 1 aromatic heterocycles. The van der Waals surface area contributed by atoms with E-state index in [9.17, 15) is 13.2 Å². The fraction of sp³-hybridized carbons (Fsp3) is 0.545. The highest BCUT2D eigenvalue weighted by atomic mass is 19.4. The zero-order valence-electron chi connectivity index (χ0n) is 9.11. The molecule has 1 aliphatic heterocycles. The van der Waals surface area contributed by atoms with E-state index in [0.717, 1.165) is 6.07 Å². The summed E-state index contributed by atoms with van der Waals surface area (Å²) in [5.41, 5.74) is -0.710. The Labute approximate surface area is 96.9 Å². The normalized spacial score (nSPS) is 20.9. The summed E-state index contributed by atoms with van der Waals surface area (Å²) in [4.78, 5) is 5.41. The van der Waals surface area contributed by atoms with Crippen LogP contribution in [0.1, 0.15) is 12.0 Å². The van der Waals surface area contributed by atoms with Crippen molar-refractivity contribution >= 4 is 5.82 Å². The molecule has 0 aromatic carbocycles. The number of rotatable bonds is 2. The monoisotopic (exact) mass is 246 g/mol. The van der Waals surface area contributed by atoms with Crippen molar-refractivity contribution in [3.8, 4) is 0 Å². The molecule has 1 aliphatic rings. The van der Waals surface area contributed by atoms with Gasteiger partial charge in [-0.25, -0.2) is 4.98 Å². The number of hydrogen-bond acceptors (Lipinski definition) is 3. The van der Waals surface area contributed by atoms with E-state index in [0.29, 0.717) is 19.5 Å². The molecular weight excluding hydrogens is 233 g/mol. The minimum absolute atomic E-state index is 0.00465. The van der Waals surface area contributed by atoms with E-state index >= 15 is 0 Å². The average Bonchev–Trinajstić information content (AvgIpc) is 2.76. The molecule has 1 atom stereocenters. The first kappa shape index (κ1) is 12.2. The van der Waals surface area contributed by atoms with Crippen molar-refractivity contribution in [2.24, 2.45) is 5.92 Å². The molecule has 1 saturated heterocycles. The van der Waals surface area contributed by atoms with E-state index < -0.39 is 11.7 Å². The number of halogens is 3. The lowest BCUT2D eigenvalue weighted by Crippen LogP contribution is -2.25. The van der Waals surface area contributed by atoms with Crippen molar-refractivity contribution in [1.29, 1.82) is 0 Å². The summed E-state index contributed by atoms with van der Waals surface area (Å²) in [6, 6.07) is 2.32. The van der Waals surface area contributed by atoms with Crippen molar-refractivity contribution in [3.63, 3.8) is 0 Å². The molecule has 1 unspecified atom stereocenters. The topological polar surface area (TPSA) is 36.4 Å². The lowest BCUT2D eigenvalue weighted by molar-refractivity contribution is -0.137. The van der Waals surface area contributed by atoms with Crippen molar-refractivity contribution in [2.45, 2.75) is 12.6 Å². The summed E-state index contributed by atoms with van der Waals surface area (Å²) in [5.74, 6) is 0.00837. The van der Waals surface area contributed by atoms with Crippen LogP contribution < -0.4 is 4.90 Å². The SMILES string of the molecule is OCC1CCN(c2ncccc2C(F)(F)F)C1. The summed E-state index contributed by atoms with van der Waals surface area (Å²) in [5, 5.41) is 8.99. The van der Waals surface area contributed by atoms with Crippen LogP contribution in [0.25, 0.3) is 0 Å². The third-order valence-electron chi connectivity index (χ3n) is 2.94. The van der Waals surface area contributed by atoms with Gasteiger partial charge in [0, 0.05) is 31.8 Å². The van der Waals surface area contributed by atoms with Gasteiger partial charge in [0.05, 0.1) is 5.56 Å². The molecular formula is C11H13F3N2O. The van der Waals surface area contributed by atoms with Crippen molar-refractivity contribution in [3.05, 3.63) is 23.9 Å². The molecule has 3 nitrogen and oxygen atoms in total. The summed E-state index contributed by atoms with van der Waals surface area (Å²) in [6.07, 6.45) is -2.33. The molecule has 6 heteroatoms. The standard InChI is InChI=1S/C11H13F3N2O/c12-11(13,14)9-2-1-4-15-10(9)16-5-3-8(6-16)7-17/h1-2,4,8,17H,3,5-7H2. The second-order valence-corrected chi connectivity index (χ2v) is 4.16. The molecule has 1 aromatic rings. The predicted molar refractivity (Wildman–Crippen MR) is 56.6 cm³/mol. The zero-order chi connectivity index (χ0) is 12.5. The Balaban J connectivity index is 2.27. The van der Waals surface area contributed by atoms with Crippen LogP contribution in [0, 0.1) is 5.92 Å². The largest absolute Gasteiger partial charge is 0.419 e. The molecule has 1 N–H and O–H groups in total. The van der Waals surface area contributed by atoms with Gasteiger partial charge < -0.3 is 10.0 Å². The molecule has 0 radical (unpaired) electrons. The van der Waals surface area contributed by atoms with Crippen molar-refractivity contribution in [1.82, 2.24) is 4.98 Å². The Morgan fingerprint density at radius 1 is 1.47 bits per heavy atom. The smallest absolute Gasteiger partial charge is 0.396 e. The van der Waals surface area contributed by atoms with Gasteiger partial charge in [0.1, 0.15) is 5.82 Å². The quantitative estimate of drug-likeness (QED) is 0.866. The molecule has 0 bridgehead atoms. The van der Waals surface area contributed by atoms with Crippen LogP contribution in [0.5, 0.6) is 0 Å². The first-order valence-electron chi connectivity index (χ1n) is 5.40. The van der Waals surface area contributed by atoms with Crippen LogP contribution >= 0.6 is 0 Å². The third-order valence-corrected chi connectivity index (χ3v) is 2.94. The fourth-order valence-corrected chi connectivity index (χ4v) is 2.04. The molecule has 0 saturated carbocycles. The molecule has 94 valence electrons. The molecule has 2 heterocycles. The van der Waals surface area contributed by atoms with Gasteiger partial charge in [-0.1, -0.05) is 0 Å². The second kappa shape index (κ2) is 4.52. The maximum Gasteiger partial charge on any atom is 0.419 e. The number of alkyl halides is 3. The summed E-state index contributed by atoms with van der Waals surface area (Å²) in [7, 11) is 0. The van der Waals surface area contributed by atoms with Gasteiger partial charge in [-0.15, -0.1) is 0 Å². The zero-order valence-corrected chi connectivity index (χ0v) is 9.11. The summed E-state index contributed by atoms with van der Waals surface area (Å²) < 4.78 is 38.3. The lowest BCUT2D eigenvalue weighted by atomic mass is 10.1. The second-order valence-electron chi connectivity index (χ2n) is 4.16. The average molecular weight is 246 g/mol. The minimum atomic E-state index is -4.39. The molecule has 1 fully saturated rings. The Morgan fingerprint density at radius 2 is 2.24 bits per heavy atom. The molecule has 2 rings (SSSR count). The number of aromatic nitrogens is 1. The van der Waals surface area contributed by atoms with E-state index in [1.54, 1.807) is 4.90 Å². The number of nitrogens with zero attached hydrogens (tertiary/aromatic N) is 2. The van der Waals surface area contributed by atoms with Gasteiger partial charge in [0.15, 0.2) is 0 Å². The first-order chi connectivity index (χ1) is 8.02. The van der Waals surface area contributed by atoms with E-state index in [4.69, 9.17) is 5.11 Å². The summed E-state index contributed by atoms with van der Waals surface area (Å²) >= 11 is 0. The van der Waals surface area contributed by atoms with E-state index in [1.807, 2.05) is 0 Å². The highest BCUT2D eigenvalue weighted by Crippen LogP contribution is 2.36. The van der Waals surface area contributed by atoms with Crippen LogP contribution in [-0.2, 0) is 6.18 Å². The predicted octanol–water partition coefficient (Wildman–Crippen LogP) is 1.92. The molecule has 17 heavy (non-hydrogen) atoms. The van der Waals surface area contributed by atoms with E-state index in [1.165, 1.54) is 12.3 Å². The number of hydrogen-bond donors (Lipinski definition) is 1. The lowest BCUT2D eigenvalue weighted by Gasteiger charge is -2.21. The van der Waals surface area contributed by atoms with Crippen molar-refractivity contribution in [2.75, 3.05) is 24.6 Å². The number of aliphatic hydroxyl groups excluding tert-OH is 1. The maximum atomic E-state index is 12.8. The number of anilines is 1. The van der Waals surface area contributed by atoms with Gasteiger partial charge in [-0.2, -0.15) is 13.2 Å². The van der Waals surface area contributed by atoms with Crippen LogP contribution in [0.2, 0.25) is 0 Å². The van der Waals surface area contributed by atoms with E-state index in [2.05, 4.69) is 4.98 Å². The van der Waals surface area contributed by atoms with Crippen LogP contribution in [0.15, 0.2) is 18.3 Å². The minimum Gasteiger partial charge on any atom is -0.396 e. The van der Waals surface area contributed by atoms with Gasteiger partial charge >= 0.3 is 6.18 Å². The van der Waals surface area contributed by atoms with Gasteiger partial charge in [0.25, 0.3) is 0 Å². The van der Waals surface area contributed by atoms with Gasteiger partial charge in [-0.05, 0) is 18.6 Å². The Morgan fingerprint density at radius 3 is 2.82 bits per heavy atom. The van der Waals surface area contributed by atoms with Gasteiger partial charge in [-0.3, -0.25) is 0 Å². The highest BCUT2D eigenvalue weighted by Gasteiger charge is 2.37. The Kier molecular flexibility index (Phi) is 3.24. The third kappa shape index (κ3) is 2.52. The first-order valence-corrected chi connectivity index (χ1v) is 5.40. The molecule has 0 amide bonds. The van der Waals surface area contributed by atoms with Crippen LogP contribution in [0.4, 0.5) is 19.0 Å². The fourth-order valence-electron chi connectivity index (χ4n) is 2.04. The van der Waals surface area contributed by atoms with E-state index in [-0.39, 0.29) is 18.3 Å². The summed E-state index contributed by atoms with van der Waals surface area (Å²) in [6.45, 7) is 0.937. The maximum absolute atomic E-state index is 12.8. The van der Waals surface area contributed by atoms with Gasteiger partial charge in [0.2, 0.25) is 0 Å². The molecule has 0 aliphatic carbocycles. The van der Waals surface area contributed by atoms with Crippen molar-refractivity contribution < 1.29 is 18.3 Å². The molecule has 0 spiro atoms. The Hall–Kier alpha value is -1.30. The number of pyridine rings is 1. The van der Waals surface area contributed by atoms with Crippen LogP contribution in [0.3, 0.4) is 0 Å². The van der Waals surface area contributed by atoms with Crippen LogP contribution in [-0.4, -0.2) is 29.8 Å².